The second-order valence-electron chi connectivity index (χ2n) is 6.16. The van der Waals surface area contributed by atoms with Crippen LogP contribution in [-0.4, -0.2) is 29.5 Å². The van der Waals surface area contributed by atoms with E-state index < -0.39 is 0 Å². The molecule has 8 nitrogen and oxygen atoms in total. The molecule has 2 heterocycles. The van der Waals surface area contributed by atoms with E-state index in [0.717, 1.165) is 18.6 Å². The standard InChI is InChI=1S/C20H19N3O5/c1-2-3-10-25-15-7-4-13(5-8-15)18(24)21-20-23-22-19(28-20)14-6-9-16-17(11-14)27-12-26-16/h4-9,11H,2-3,10,12H2,1H3,(H,21,23,24). The first-order valence-electron chi connectivity index (χ1n) is 9.00. The average molecular weight is 381 g/mol. The molecule has 0 bridgehead atoms. The van der Waals surface area contributed by atoms with E-state index in [4.69, 9.17) is 18.6 Å². The van der Waals surface area contributed by atoms with Gasteiger partial charge in [0.25, 0.3) is 5.91 Å². The van der Waals surface area contributed by atoms with Crippen LogP contribution >= 0.6 is 0 Å². The molecule has 1 aliphatic heterocycles. The molecule has 0 saturated carbocycles. The fourth-order valence-electron chi connectivity index (χ4n) is 2.63. The van der Waals surface area contributed by atoms with Gasteiger partial charge in [-0.15, -0.1) is 5.10 Å². The minimum absolute atomic E-state index is 0.0148. The number of amides is 1. The summed E-state index contributed by atoms with van der Waals surface area (Å²) in [6.45, 7) is 2.95. The number of ether oxygens (including phenoxy) is 3. The molecule has 0 spiro atoms. The zero-order valence-electron chi connectivity index (χ0n) is 15.3. The Morgan fingerprint density at radius 3 is 2.75 bits per heavy atom. The topological polar surface area (TPSA) is 95.7 Å². The number of carbonyl (C=O) groups is 1. The Kier molecular flexibility index (Phi) is 5.09. The van der Waals surface area contributed by atoms with Crippen LogP contribution in [0.5, 0.6) is 17.2 Å². The van der Waals surface area contributed by atoms with Crippen molar-refractivity contribution in [3.05, 3.63) is 48.0 Å². The number of anilines is 1. The molecule has 8 heteroatoms. The molecule has 0 aliphatic carbocycles. The molecule has 1 N–H and O–H groups in total. The first-order valence-corrected chi connectivity index (χ1v) is 9.00. The highest BCUT2D eigenvalue weighted by atomic mass is 16.7. The number of fused-ring (bicyclic) bond motifs is 1. The molecule has 1 aromatic heterocycles. The SMILES string of the molecule is CCCCOc1ccc(C(=O)Nc2nnc(-c3ccc4c(c3)OCO4)o2)cc1. The molecule has 0 unspecified atom stereocenters. The van der Waals surface area contributed by atoms with Crippen LogP contribution in [-0.2, 0) is 0 Å². The smallest absolute Gasteiger partial charge is 0.322 e. The highest BCUT2D eigenvalue weighted by molar-refractivity contribution is 6.03. The van der Waals surface area contributed by atoms with Crippen LogP contribution < -0.4 is 19.5 Å². The van der Waals surface area contributed by atoms with E-state index >= 15 is 0 Å². The predicted molar refractivity (Wildman–Crippen MR) is 101 cm³/mol. The Morgan fingerprint density at radius 1 is 1.11 bits per heavy atom. The van der Waals surface area contributed by atoms with Gasteiger partial charge in [0.05, 0.1) is 6.61 Å². The maximum atomic E-state index is 12.4. The molecular formula is C20H19N3O5. The van der Waals surface area contributed by atoms with Crippen molar-refractivity contribution < 1.29 is 23.4 Å². The fourth-order valence-corrected chi connectivity index (χ4v) is 2.63. The van der Waals surface area contributed by atoms with Crippen LogP contribution in [0.2, 0.25) is 0 Å². The van der Waals surface area contributed by atoms with Gasteiger partial charge in [0.15, 0.2) is 11.5 Å². The van der Waals surface area contributed by atoms with Gasteiger partial charge in [-0.3, -0.25) is 10.1 Å². The largest absolute Gasteiger partial charge is 0.494 e. The lowest BCUT2D eigenvalue weighted by molar-refractivity contribution is 0.102. The molecule has 4 rings (SSSR count). The number of nitrogens with zero attached hydrogens (tertiary/aromatic N) is 2. The van der Waals surface area contributed by atoms with E-state index in [1.54, 1.807) is 42.5 Å². The van der Waals surface area contributed by atoms with Crippen molar-refractivity contribution in [2.75, 3.05) is 18.7 Å². The Balaban J connectivity index is 1.40. The molecule has 28 heavy (non-hydrogen) atoms. The zero-order chi connectivity index (χ0) is 19.3. The summed E-state index contributed by atoms with van der Waals surface area (Å²) in [7, 11) is 0. The lowest BCUT2D eigenvalue weighted by Gasteiger charge is -2.06. The fraction of sp³-hybridized carbons (Fsp3) is 0.250. The van der Waals surface area contributed by atoms with Crippen molar-refractivity contribution in [3.8, 4) is 28.7 Å². The van der Waals surface area contributed by atoms with Gasteiger partial charge in [-0.1, -0.05) is 18.4 Å². The van der Waals surface area contributed by atoms with Crippen LogP contribution in [0, 0.1) is 0 Å². The third-order valence-electron chi connectivity index (χ3n) is 4.15. The Hall–Kier alpha value is -3.55. The summed E-state index contributed by atoms with van der Waals surface area (Å²) < 4.78 is 21.7. The second kappa shape index (κ2) is 7.99. The molecule has 1 aliphatic rings. The van der Waals surface area contributed by atoms with Crippen molar-refractivity contribution in [2.45, 2.75) is 19.8 Å². The second-order valence-corrected chi connectivity index (χ2v) is 6.16. The number of aromatic nitrogens is 2. The van der Waals surface area contributed by atoms with Gasteiger partial charge in [-0.2, -0.15) is 0 Å². The van der Waals surface area contributed by atoms with E-state index in [2.05, 4.69) is 22.4 Å². The van der Waals surface area contributed by atoms with Crippen LogP contribution in [0.3, 0.4) is 0 Å². The maximum absolute atomic E-state index is 12.4. The van der Waals surface area contributed by atoms with E-state index in [-0.39, 0.29) is 24.6 Å². The summed E-state index contributed by atoms with van der Waals surface area (Å²) in [5.74, 6) is 1.93. The lowest BCUT2D eigenvalue weighted by atomic mass is 10.2. The van der Waals surface area contributed by atoms with E-state index in [0.29, 0.717) is 29.2 Å². The van der Waals surface area contributed by atoms with E-state index in [9.17, 15) is 4.79 Å². The summed E-state index contributed by atoms with van der Waals surface area (Å²) in [4.78, 5) is 12.4. The molecule has 0 atom stereocenters. The van der Waals surface area contributed by atoms with Gasteiger partial charge in [-0.05, 0) is 48.9 Å². The summed E-state index contributed by atoms with van der Waals surface area (Å²) >= 11 is 0. The summed E-state index contributed by atoms with van der Waals surface area (Å²) in [5.41, 5.74) is 1.14. The van der Waals surface area contributed by atoms with E-state index in [1.807, 2.05) is 0 Å². The van der Waals surface area contributed by atoms with Gasteiger partial charge in [0.1, 0.15) is 5.75 Å². The normalized spacial score (nSPS) is 12.0. The monoisotopic (exact) mass is 381 g/mol. The Labute approximate surface area is 161 Å². The molecule has 0 saturated heterocycles. The number of nitrogens with one attached hydrogen (secondary N) is 1. The summed E-state index contributed by atoms with van der Waals surface area (Å²) in [6.07, 6.45) is 2.06. The first-order chi connectivity index (χ1) is 13.7. The number of carbonyl (C=O) groups excluding carboxylic acids is 1. The average Bonchev–Trinajstić information content (AvgIpc) is 3.37. The van der Waals surface area contributed by atoms with Crippen molar-refractivity contribution in [3.63, 3.8) is 0 Å². The van der Waals surface area contributed by atoms with Crippen LogP contribution in [0.15, 0.2) is 46.9 Å². The Bertz CT molecular complexity index is 968. The van der Waals surface area contributed by atoms with Crippen molar-refractivity contribution >= 4 is 11.9 Å². The van der Waals surface area contributed by atoms with Crippen molar-refractivity contribution in [2.24, 2.45) is 0 Å². The summed E-state index contributed by atoms with van der Waals surface area (Å²) in [6, 6.07) is 12.2. The van der Waals surface area contributed by atoms with Gasteiger partial charge >= 0.3 is 6.01 Å². The molecule has 0 fully saturated rings. The predicted octanol–water partition coefficient (Wildman–Crippen LogP) is 3.90. The highest BCUT2D eigenvalue weighted by Crippen LogP contribution is 2.35. The third-order valence-corrected chi connectivity index (χ3v) is 4.15. The van der Waals surface area contributed by atoms with E-state index in [1.165, 1.54) is 0 Å². The quantitative estimate of drug-likeness (QED) is 0.620. The zero-order valence-corrected chi connectivity index (χ0v) is 15.3. The van der Waals surface area contributed by atoms with Gasteiger partial charge < -0.3 is 18.6 Å². The molecule has 2 aromatic carbocycles. The van der Waals surface area contributed by atoms with Gasteiger partial charge in [-0.25, -0.2) is 0 Å². The minimum atomic E-state index is -0.346. The number of unbranched alkanes of at least 4 members (excludes halogenated alkanes) is 1. The first kappa shape index (κ1) is 17.8. The lowest BCUT2D eigenvalue weighted by Crippen LogP contribution is -2.12. The molecule has 144 valence electrons. The van der Waals surface area contributed by atoms with Crippen molar-refractivity contribution in [1.82, 2.24) is 10.2 Å². The van der Waals surface area contributed by atoms with Gasteiger partial charge in [0, 0.05) is 11.1 Å². The number of hydrogen-bond acceptors (Lipinski definition) is 7. The van der Waals surface area contributed by atoms with Crippen LogP contribution in [0.4, 0.5) is 6.01 Å². The Morgan fingerprint density at radius 2 is 1.93 bits per heavy atom. The number of benzene rings is 2. The third kappa shape index (κ3) is 3.90. The van der Waals surface area contributed by atoms with Crippen molar-refractivity contribution in [1.29, 1.82) is 0 Å². The highest BCUT2D eigenvalue weighted by Gasteiger charge is 2.17. The number of hydrogen-bond donors (Lipinski definition) is 1. The maximum Gasteiger partial charge on any atom is 0.322 e. The molecular weight excluding hydrogens is 362 g/mol. The molecule has 1 amide bonds. The van der Waals surface area contributed by atoms with Crippen LogP contribution in [0.25, 0.3) is 11.5 Å². The van der Waals surface area contributed by atoms with Gasteiger partial charge in [0.2, 0.25) is 12.7 Å². The molecule has 3 aromatic rings. The molecule has 0 radical (unpaired) electrons. The number of rotatable bonds is 7. The minimum Gasteiger partial charge on any atom is -0.494 e. The summed E-state index contributed by atoms with van der Waals surface area (Å²) in [5, 5.41) is 10.4. The van der Waals surface area contributed by atoms with Crippen LogP contribution in [0.1, 0.15) is 30.1 Å².